The molecule has 4 heterocycles. The molecular formula is C39H23N5O. The van der Waals surface area contributed by atoms with Crippen LogP contribution in [0.4, 0.5) is 0 Å². The Kier molecular flexibility index (Phi) is 5.71. The van der Waals surface area contributed by atoms with Gasteiger partial charge in [-0.25, -0.2) is 19.9 Å². The van der Waals surface area contributed by atoms with Gasteiger partial charge in [0.15, 0.2) is 17.5 Å². The van der Waals surface area contributed by atoms with Crippen molar-refractivity contribution in [2.45, 2.75) is 0 Å². The second-order valence-corrected chi connectivity index (χ2v) is 11.0. The summed E-state index contributed by atoms with van der Waals surface area (Å²) in [6.07, 6.45) is 5.24. The first-order chi connectivity index (χ1) is 22.3. The van der Waals surface area contributed by atoms with E-state index in [4.69, 9.17) is 19.4 Å². The quantitative estimate of drug-likeness (QED) is 0.194. The lowest BCUT2D eigenvalue weighted by Gasteiger charge is -2.12. The number of benzene rings is 5. The van der Waals surface area contributed by atoms with Crippen molar-refractivity contribution in [1.82, 2.24) is 24.9 Å². The van der Waals surface area contributed by atoms with Gasteiger partial charge in [0.25, 0.3) is 0 Å². The highest BCUT2D eigenvalue weighted by Crippen LogP contribution is 2.37. The molecule has 45 heavy (non-hydrogen) atoms. The first-order valence-electron chi connectivity index (χ1n) is 14.7. The Labute approximate surface area is 257 Å². The molecule has 0 aliphatic carbocycles. The lowest BCUT2D eigenvalue weighted by Crippen LogP contribution is -2.00. The predicted octanol–water partition coefficient (Wildman–Crippen LogP) is 9.54. The molecule has 0 aliphatic heterocycles. The molecule has 0 unspecified atom stereocenters. The van der Waals surface area contributed by atoms with Gasteiger partial charge in [0.1, 0.15) is 5.58 Å². The monoisotopic (exact) mass is 577 g/mol. The van der Waals surface area contributed by atoms with E-state index in [2.05, 4.69) is 88.8 Å². The standard InChI is InChI=1S/C39H23N5O/c1-2-10-29-24(7-1)14-17-26-8-5-12-30(34(26)29)25-15-18-27(19-16-25)36-42-37(28-9-6-21-40-23-28)44-38(43-36)32-20-22-41-39-35(32)31-11-3-4-13-33(31)45-39/h1-23H. The number of hydrogen-bond acceptors (Lipinski definition) is 6. The zero-order chi connectivity index (χ0) is 29.7. The topological polar surface area (TPSA) is 77.6 Å². The van der Waals surface area contributed by atoms with Gasteiger partial charge in [-0.05, 0) is 56.9 Å². The van der Waals surface area contributed by atoms with E-state index < -0.39 is 0 Å². The normalized spacial score (nSPS) is 11.6. The first kappa shape index (κ1) is 25.2. The fourth-order valence-electron chi connectivity index (χ4n) is 6.18. The molecule has 0 atom stereocenters. The first-order valence-corrected chi connectivity index (χ1v) is 14.7. The molecular weight excluding hydrogens is 554 g/mol. The predicted molar refractivity (Wildman–Crippen MR) is 179 cm³/mol. The number of fused-ring (bicyclic) bond motifs is 6. The Morgan fingerprint density at radius 3 is 2.04 bits per heavy atom. The molecule has 0 aliphatic rings. The lowest BCUT2D eigenvalue weighted by molar-refractivity contribution is 0.654. The molecule has 0 spiro atoms. The Morgan fingerprint density at radius 1 is 0.444 bits per heavy atom. The Bertz CT molecular complexity index is 2540. The molecule has 6 heteroatoms. The van der Waals surface area contributed by atoms with Crippen molar-refractivity contribution in [2.24, 2.45) is 0 Å². The summed E-state index contributed by atoms with van der Waals surface area (Å²) in [6, 6.07) is 41.6. The van der Waals surface area contributed by atoms with E-state index in [-0.39, 0.29) is 0 Å². The van der Waals surface area contributed by atoms with Crippen LogP contribution in [0.5, 0.6) is 0 Å². The van der Waals surface area contributed by atoms with Crippen LogP contribution in [0, 0.1) is 0 Å². The highest BCUT2D eigenvalue weighted by atomic mass is 16.3. The van der Waals surface area contributed by atoms with E-state index in [9.17, 15) is 0 Å². The van der Waals surface area contributed by atoms with Crippen LogP contribution in [-0.2, 0) is 0 Å². The highest BCUT2D eigenvalue weighted by Gasteiger charge is 2.18. The number of rotatable bonds is 4. The molecule has 9 aromatic rings. The van der Waals surface area contributed by atoms with Crippen LogP contribution in [0.25, 0.3) is 88.9 Å². The maximum Gasteiger partial charge on any atom is 0.228 e. The van der Waals surface area contributed by atoms with Gasteiger partial charge in [-0.1, -0.05) is 97.1 Å². The Hall–Kier alpha value is -6.27. The van der Waals surface area contributed by atoms with Gasteiger partial charge in [-0.15, -0.1) is 0 Å². The molecule has 0 bridgehead atoms. The summed E-state index contributed by atoms with van der Waals surface area (Å²) >= 11 is 0. The third-order valence-electron chi connectivity index (χ3n) is 8.30. The van der Waals surface area contributed by atoms with Gasteiger partial charge in [0.05, 0.1) is 5.39 Å². The van der Waals surface area contributed by atoms with Crippen LogP contribution in [0.1, 0.15) is 0 Å². The Balaban J connectivity index is 1.21. The number of para-hydroxylation sites is 1. The van der Waals surface area contributed by atoms with E-state index in [1.54, 1.807) is 18.6 Å². The van der Waals surface area contributed by atoms with Crippen molar-refractivity contribution in [3.8, 4) is 45.3 Å². The molecule has 210 valence electrons. The molecule has 0 fully saturated rings. The molecule has 4 aromatic heterocycles. The number of hydrogen-bond donors (Lipinski definition) is 0. The molecule has 0 amide bonds. The summed E-state index contributed by atoms with van der Waals surface area (Å²) < 4.78 is 6.06. The van der Waals surface area contributed by atoms with Crippen LogP contribution < -0.4 is 0 Å². The summed E-state index contributed by atoms with van der Waals surface area (Å²) in [5.74, 6) is 1.67. The Morgan fingerprint density at radius 2 is 1.18 bits per heavy atom. The number of nitrogens with zero attached hydrogens (tertiary/aromatic N) is 5. The number of pyridine rings is 2. The van der Waals surface area contributed by atoms with Crippen molar-refractivity contribution >= 4 is 43.6 Å². The summed E-state index contributed by atoms with van der Waals surface area (Å²) in [6.45, 7) is 0. The summed E-state index contributed by atoms with van der Waals surface area (Å²) in [7, 11) is 0. The van der Waals surface area contributed by atoms with Gasteiger partial charge in [-0.3, -0.25) is 4.98 Å². The van der Waals surface area contributed by atoms with Crippen molar-refractivity contribution in [3.05, 3.63) is 140 Å². The van der Waals surface area contributed by atoms with Gasteiger partial charge < -0.3 is 4.42 Å². The van der Waals surface area contributed by atoms with E-state index >= 15 is 0 Å². The van der Waals surface area contributed by atoms with Crippen LogP contribution in [0.3, 0.4) is 0 Å². The summed E-state index contributed by atoms with van der Waals surface area (Å²) in [5, 5.41) is 6.78. The van der Waals surface area contributed by atoms with Crippen LogP contribution in [0.15, 0.2) is 144 Å². The minimum absolute atomic E-state index is 0.544. The fraction of sp³-hybridized carbons (Fsp3) is 0. The smallest absolute Gasteiger partial charge is 0.228 e. The second kappa shape index (κ2) is 10.2. The lowest BCUT2D eigenvalue weighted by atomic mass is 9.93. The van der Waals surface area contributed by atoms with Gasteiger partial charge in [-0.2, -0.15) is 0 Å². The molecule has 0 N–H and O–H groups in total. The van der Waals surface area contributed by atoms with Crippen LogP contribution in [-0.4, -0.2) is 24.9 Å². The van der Waals surface area contributed by atoms with Crippen molar-refractivity contribution in [2.75, 3.05) is 0 Å². The molecule has 0 radical (unpaired) electrons. The zero-order valence-electron chi connectivity index (χ0n) is 23.9. The van der Waals surface area contributed by atoms with E-state index in [1.807, 2.05) is 42.5 Å². The minimum Gasteiger partial charge on any atom is -0.438 e. The maximum atomic E-state index is 6.06. The van der Waals surface area contributed by atoms with E-state index in [0.29, 0.717) is 23.2 Å². The minimum atomic E-state index is 0.544. The highest BCUT2D eigenvalue weighted by molar-refractivity contribution is 6.14. The third-order valence-corrected chi connectivity index (χ3v) is 8.30. The SMILES string of the molecule is c1cncc(-c2nc(-c3ccc(-c4cccc5ccc6ccccc6c45)cc3)nc(-c3ccnc4oc5ccccc5c34)n2)c1. The fourth-order valence-corrected chi connectivity index (χ4v) is 6.18. The molecule has 5 aromatic carbocycles. The summed E-state index contributed by atoms with van der Waals surface area (Å²) in [4.78, 5) is 23.7. The maximum absolute atomic E-state index is 6.06. The third kappa shape index (κ3) is 4.23. The second-order valence-electron chi connectivity index (χ2n) is 11.0. The number of aromatic nitrogens is 5. The van der Waals surface area contributed by atoms with Gasteiger partial charge in [0, 0.05) is 40.7 Å². The van der Waals surface area contributed by atoms with Crippen molar-refractivity contribution in [3.63, 3.8) is 0 Å². The average molecular weight is 578 g/mol. The molecule has 9 rings (SSSR count). The van der Waals surface area contributed by atoms with Crippen molar-refractivity contribution in [1.29, 1.82) is 0 Å². The van der Waals surface area contributed by atoms with E-state index in [1.165, 1.54) is 27.1 Å². The largest absolute Gasteiger partial charge is 0.438 e. The summed E-state index contributed by atoms with van der Waals surface area (Å²) in [5.41, 5.74) is 6.16. The van der Waals surface area contributed by atoms with Gasteiger partial charge in [0.2, 0.25) is 5.71 Å². The number of furan rings is 1. The average Bonchev–Trinajstić information content (AvgIpc) is 3.50. The molecule has 0 saturated carbocycles. The van der Waals surface area contributed by atoms with Gasteiger partial charge >= 0.3 is 0 Å². The molecule has 6 nitrogen and oxygen atoms in total. The van der Waals surface area contributed by atoms with Crippen molar-refractivity contribution < 1.29 is 4.42 Å². The molecule has 0 saturated heterocycles. The van der Waals surface area contributed by atoms with E-state index in [0.717, 1.165) is 38.6 Å². The van der Waals surface area contributed by atoms with Crippen LogP contribution in [0.2, 0.25) is 0 Å². The van der Waals surface area contributed by atoms with Crippen LogP contribution >= 0.6 is 0 Å². The zero-order valence-corrected chi connectivity index (χ0v) is 23.9.